The van der Waals surface area contributed by atoms with E-state index in [1.165, 1.54) is 18.2 Å². The van der Waals surface area contributed by atoms with Gasteiger partial charge in [0.2, 0.25) is 0 Å². The van der Waals surface area contributed by atoms with E-state index < -0.39 is 17.7 Å². The second-order valence-corrected chi connectivity index (χ2v) is 3.96. The minimum atomic E-state index is -0.975. The van der Waals surface area contributed by atoms with Crippen LogP contribution in [0.25, 0.3) is 0 Å². The summed E-state index contributed by atoms with van der Waals surface area (Å²) < 4.78 is 12.9. The molecule has 0 aliphatic carbocycles. The molecule has 0 spiro atoms. The van der Waals surface area contributed by atoms with Gasteiger partial charge in [-0.3, -0.25) is 9.59 Å². The number of carboxylic acids is 1. The van der Waals surface area contributed by atoms with Crippen molar-refractivity contribution in [1.82, 2.24) is 0 Å². The van der Waals surface area contributed by atoms with E-state index in [-0.39, 0.29) is 17.8 Å². The zero-order valence-corrected chi connectivity index (χ0v) is 9.65. The fourth-order valence-corrected chi connectivity index (χ4v) is 1.66. The Morgan fingerprint density at radius 3 is 2.65 bits per heavy atom. The van der Waals surface area contributed by atoms with Crippen LogP contribution >= 0.6 is 0 Å². The zero-order chi connectivity index (χ0) is 12.8. The van der Waals surface area contributed by atoms with Gasteiger partial charge in [0.1, 0.15) is 5.82 Å². The van der Waals surface area contributed by atoms with Crippen LogP contribution in [0.2, 0.25) is 0 Å². The minimum absolute atomic E-state index is 0.0768. The molecule has 1 aromatic carbocycles. The van der Waals surface area contributed by atoms with Gasteiger partial charge in [-0.2, -0.15) is 0 Å². The van der Waals surface area contributed by atoms with Crippen LogP contribution in [0.3, 0.4) is 0 Å². The summed E-state index contributed by atoms with van der Waals surface area (Å²) in [4.78, 5) is 22.7. The van der Waals surface area contributed by atoms with Gasteiger partial charge in [0.05, 0.1) is 5.92 Å². The van der Waals surface area contributed by atoms with Crippen molar-refractivity contribution in [1.29, 1.82) is 0 Å². The van der Waals surface area contributed by atoms with Crippen molar-refractivity contribution >= 4 is 11.8 Å². The van der Waals surface area contributed by atoms with Crippen LogP contribution in [0.5, 0.6) is 0 Å². The lowest BCUT2D eigenvalue weighted by Crippen LogP contribution is -2.18. The first-order valence-corrected chi connectivity index (χ1v) is 5.56. The maximum absolute atomic E-state index is 12.9. The van der Waals surface area contributed by atoms with Gasteiger partial charge in [-0.25, -0.2) is 4.39 Å². The van der Waals surface area contributed by atoms with E-state index in [1.54, 1.807) is 0 Å². The standard InChI is InChI=1S/C13H15FO3/c1-2-4-10(13(16)17)8-12(15)9-5-3-6-11(14)7-9/h3,5-7,10H,2,4,8H2,1H3,(H,16,17). The second kappa shape index (κ2) is 6.13. The number of Topliss-reactive ketones (excluding diaryl/α,β-unsaturated/α-hetero) is 1. The number of ketones is 1. The fraction of sp³-hybridized carbons (Fsp3) is 0.385. The van der Waals surface area contributed by atoms with Gasteiger partial charge >= 0.3 is 5.97 Å². The van der Waals surface area contributed by atoms with Crippen LogP contribution in [0.15, 0.2) is 24.3 Å². The number of carbonyl (C=O) groups excluding carboxylic acids is 1. The average Bonchev–Trinajstić information content (AvgIpc) is 2.28. The van der Waals surface area contributed by atoms with Crippen molar-refractivity contribution in [3.63, 3.8) is 0 Å². The Morgan fingerprint density at radius 2 is 2.12 bits per heavy atom. The minimum Gasteiger partial charge on any atom is -0.481 e. The second-order valence-electron chi connectivity index (χ2n) is 3.96. The Bertz CT molecular complexity index is 415. The number of benzene rings is 1. The maximum Gasteiger partial charge on any atom is 0.306 e. The van der Waals surface area contributed by atoms with Gasteiger partial charge in [-0.1, -0.05) is 25.5 Å². The molecule has 0 fully saturated rings. The number of carboxylic acid groups (broad SMARTS) is 1. The van der Waals surface area contributed by atoms with E-state index in [0.29, 0.717) is 12.8 Å². The molecular weight excluding hydrogens is 223 g/mol. The molecule has 1 N–H and O–H groups in total. The molecule has 92 valence electrons. The molecule has 1 rings (SSSR count). The molecule has 0 heterocycles. The summed E-state index contributed by atoms with van der Waals surface area (Å²) in [5.74, 6) is -2.48. The lowest BCUT2D eigenvalue weighted by molar-refractivity contribution is -0.141. The van der Waals surface area contributed by atoms with Crippen molar-refractivity contribution < 1.29 is 19.1 Å². The lowest BCUT2D eigenvalue weighted by atomic mass is 9.94. The maximum atomic E-state index is 12.9. The van der Waals surface area contributed by atoms with Gasteiger partial charge < -0.3 is 5.11 Å². The molecule has 0 amide bonds. The molecule has 17 heavy (non-hydrogen) atoms. The monoisotopic (exact) mass is 238 g/mol. The SMILES string of the molecule is CCCC(CC(=O)c1cccc(F)c1)C(=O)O. The molecule has 0 aliphatic rings. The average molecular weight is 238 g/mol. The first-order valence-electron chi connectivity index (χ1n) is 5.56. The Hall–Kier alpha value is -1.71. The van der Waals surface area contributed by atoms with Crippen LogP contribution in [-0.2, 0) is 4.79 Å². The van der Waals surface area contributed by atoms with Gasteiger partial charge in [0, 0.05) is 12.0 Å². The fourth-order valence-electron chi connectivity index (χ4n) is 1.66. The third kappa shape index (κ3) is 3.98. The van der Waals surface area contributed by atoms with Gasteiger partial charge in [0.25, 0.3) is 0 Å². The van der Waals surface area contributed by atoms with Crippen molar-refractivity contribution in [3.8, 4) is 0 Å². The van der Waals surface area contributed by atoms with E-state index in [4.69, 9.17) is 5.11 Å². The van der Waals surface area contributed by atoms with E-state index >= 15 is 0 Å². The largest absolute Gasteiger partial charge is 0.481 e. The molecule has 0 bridgehead atoms. The summed E-state index contributed by atoms with van der Waals surface area (Å²) in [5, 5.41) is 8.93. The predicted octanol–water partition coefficient (Wildman–Crippen LogP) is 2.90. The van der Waals surface area contributed by atoms with E-state index in [9.17, 15) is 14.0 Å². The molecule has 0 aliphatic heterocycles. The first kappa shape index (κ1) is 13.4. The lowest BCUT2D eigenvalue weighted by Gasteiger charge is -2.09. The highest BCUT2D eigenvalue weighted by atomic mass is 19.1. The molecule has 0 aromatic heterocycles. The molecule has 1 unspecified atom stereocenters. The summed E-state index contributed by atoms with van der Waals surface area (Å²) in [6, 6.07) is 5.32. The molecular formula is C13H15FO3. The van der Waals surface area contributed by atoms with Crippen LogP contribution in [0.1, 0.15) is 36.5 Å². The van der Waals surface area contributed by atoms with E-state index in [2.05, 4.69) is 0 Å². The first-order chi connectivity index (χ1) is 8.04. The highest BCUT2D eigenvalue weighted by Crippen LogP contribution is 2.16. The molecule has 1 aromatic rings. The number of carbonyl (C=O) groups is 2. The van der Waals surface area contributed by atoms with Crippen LogP contribution in [0, 0.1) is 11.7 Å². The topological polar surface area (TPSA) is 54.4 Å². The highest BCUT2D eigenvalue weighted by molar-refractivity contribution is 5.97. The highest BCUT2D eigenvalue weighted by Gasteiger charge is 2.21. The number of halogens is 1. The molecule has 3 nitrogen and oxygen atoms in total. The summed E-state index contributed by atoms with van der Waals surface area (Å²) in [6.45, 7) is 1.86. The van der Waals surface area contributed by atoms with Crippen molar-refractivity contribution in [3.05, 3.63) is 35.6 Å². The van der Waals surface area contributed by atoms with E-state index in [0.717, 1.165) is 6.07 Å². The summed E-state index contributed by atoms with van der Waals surface area (Å²) in [7, 11) is 0. The number of hydrogen-bond donors (Lipinski definition) is 1. The van der Waals surface area contributed by atoms with Crippen LogP contribution in [-0.4, -0.2) is 16.9 Å². The molecule has 0 saturated heterocycles. The van der Waals surface area contributed by atoms with Crippen molar-refractivity contribution in [2.45, 2.75) is 26.2 Å². The normalized spacial score (nSPS) is 12.1. The molecule has 0 radical (unpaired) electrons. The van der Waals surface area contributed by atoms with Gasteiger partial charge in [-0.05, 0) is 18.6 Å². The predicted molar refractivity (Wildman–Crippen MR) is 61.4 cm³/mol. The third-order valence-electron chi connectivity index (χ3n) is 2.56. The summed E-state index contributed by atoms with van der Waals surface area (Å²) in [5.41, 5.74) is 0.229. The summed E-state index contributed by atoms with van der Waals surface area (Å²) in [6.07, 6.45) is 1.08. The number of aliphatic carboxylic acids is 1. The van der Waals surface area contributed by atoms with Crippen LogP contribution in [0.4, 0.5) is 4.39 Å². The Balaban J connectivity index is 2.73. The Labute approximate surface area is 99.3 Å². The zero-order valence-electron chi connectivity index (χ0n) is 9.65. The van der Waals surface area contributed by atoms with Crippen molar-refractivity contribution in [2.24, 2.45) is 5.92 Å². The molecule has 4 heteroatoms. The Kier molecular flexibility index (Phi) is 4.82. The number of hydrogen-bond acceptors (Lipinski definition) is 2. The third-order valence-corrected chi connectivity index (χ3v) is 2.56. The number of rotatable bonds is 6. The Morgan fingerprint density at radius 1 is 1.41 bits per heavy atom. The quantitative estimate of drug-likeness (QED) is 0.775. The summed E-state index contributed by atoms with van der Waals surface area (Å²) >= 11 is 0. The van der Waals surface area contributed by atoms with Gasteiger partial charge in [0.15, 0.2) is 5.78 Å². The molecule has 1 atom stereocenters. The smallest absolute Gasteiger partial charge is 0.306 e. The van der Waals surface area contributed by atoms with E-state index in [1.807, 2.05) is 6.92 Å². The van der Waals surface area contributed by atoms with Crippen LogP contribution < -0.4 is 0 Å². The molecule has 0 saturated carbocycles. The van der Waals surface area contributed by atoms with Gasteiger partial charge in [-0.15, -0.1) is 0 Å². The van der Waals surface area contributed by atoms with Crippen molar-refractivity contribution in [2.75, 3.05) is 0 Å².